The topological polar surface area (TPSA) is 49.8 Å². The maximum atomic E-state index is 8.39. The molecule has 3 nitrogen and oxygen atoms in total. The number of para-hydroxylation sites is 2. The second kappa shape index (κ2) is 5.57. The van der Waals surface area contributed by atoms with Crippen molar-refractivity contribution in [3.63, 3.8) is 0 Å². The van der Waals surface area contributed by atoms with Crippen molar-refractivity contribution in [3.05, 3.63) is 24.3 Å². The Labute approximate surface area is 98.5 Å². The molecule has 0 saturated heterocycles. The van der Waals surface area contributed by atoms with Crippen molar-refractivity contribution < 1.29 is 4.42 Å². The highest BCUT2D eigenvalue weighted by atomic mass is 32.2. The van der Waals surface area contributed by atoms with Crippen LogP contribution >= 0.6 is 11.8 Å². The monoisotopic (exact) mass is 232 g/mol. The molecular formula is C12H12N2OS. The Kier molecular flexibility index (Phi) is 3.84. The van der Waals surface area contributed by atoms with Gasteiger partial charge >= 0.3 is 0 Å². The highest BCUT2D eigenvalue weighted by molar-refractivity contribution is 7.99. The van der Waals surface area contributed by atoms with Gasteiger partial charge in [-0.1, -0.05) is 23.9 Å². The van der Waals surface area contributed by atoms with Crippen molar-refractivity contribution >= 4 is 22.9 Å². The van der Waals surface area contributed by atoms with Crippen LogP contribution in [0.5, 0.6) is 0 Å². The Morgan fingerprint density at radius 2 is 2.19 bits per heavy atom. The molecule has 0 amide bonds. The fraction of sp³-hybridized carbons (Fsp3) is 0.333. The van der Waals surface area contributed by atoms with Gasteiger partial charge < -0.3 is 4.42 Å². The first-order valence-electron chi connectivity index (χ1n) is 5.25. The summed E-state index contributed by atoms with van der Waals surface area (Å²) in [6, 6.07) is 9.89. The van der Waals surface area contributed by atoms with Crippen molar-refractivity contribution in [1.29, 1.82) is 5.26 Å². The summed E-state index contributed by atoms with van der Waals surface area (Å²) in [7, 11) is 0. The van der Waals surface area contributed by atoms with Gasteiger partial charge in [0.05, 0.1) is 6.07 Å². The van der Waals surface area contributed by atoms with Crippen LogP contribution in [0.3, 0.4) is 0 Å². The molecule has 2 aromatic rings. The molecule has 1 aromatic heterocycles. The van der Waals surface area contributed by atoms with E-state index in [0.29, 0.717) is 6.42 Å². The van der Waals surface area contributed by atoms with Crippen molar-refractivity contribution in [2.45, 2.75) is 24.5 Å². The first-order chi connectivity index (χ1) is 7.90. The van der Waals surface area contributed by atoms with Gasteiger partial charge in [0.2, 0.25) is 0 Å². The Morgan fingerprint density at radius 1 is 1.31 bits per heavy atom. The molecule has 0 aliphatic rings. The number of hydrogen-bond donors (Lipinski definition) is 0. The van der Waals surface area contributed by atoms with Gasteiger partial charge in [-0.2, -0.15) is 5.26 Å². The minimum absolute atomic E-state index is 0.633. The fourth-order valence-electron chi connectivity index (χ4n) is 1.38. The summed E-state index contributed by atoms with van der Waals surface area (Å²) < 4.78 is 5.56. The molecule has 0 spiro atoms. The highest BCUT2D eigenvalue weighted by Gasteiger charge is 2.04. The zero-order valence-corrected chi connectivity index (χ0v) is 9.67. The summed E-state index contributed by atoms with van der Waals surface area (Å²) >= 11 is 1.61. The fourth-order valence-corrected chi connectivity index (χ4v) is 2.21. The van der Waals surface area contributed by atoms with Gasteiger partial charge in [-0.3, -0.25) is 0 Å². The molecule has 0 unspecified atom stereocenters. The van der Waals surface area contributed by atoms with Gasteiger partial charge in [0.1, 0.15) is 5.52 Å². The lowest BCUT2D eigenvalue weighted by atomic mass is 10.3. The van der Waals surface area contributed by atoms with Crippen molar-refractivity contribution in [1.82, 2.24) is 4.98 Å². The normalized spacial score (nSPS) is 10.4. The van der Waals surface area contributed by atoms with Gasteiger partial charge in [-0.25, -0.2) is 4.98 Å². The molecule has 0 fully saturated rings. The van der Waals surface area contributed by atoms with Crippen LogP contribution < -0.4 is 0 Å². The van der Waals surface area contributed by atoms with E-state index >= 15 is 0 Å². The van der Waals surface area contributed by atoms with E-state index in [9.17, 15) is 0 Å². The van der Waals surface area contributed by atoms with Crippen LogP contribution in [0.25, 0.3) is 11.1 Å². The second-order valence-corrected chi connectivity index (χ2v) is 4.46. The summed E-state index contributed by atoms with van der Waals surface area (Å²) in [5, 5.41) is 9.11. The molecule has 0 aliphatic heterocycles. The summed E-state index contributed by atoms with van der Waals surface area (Å²) in [5.74, 6) is 0.953. The Morgan fingerprint density at radius 3 is 3.00 bits per heavy atom. The third kappa shape index (κ3) is 2.77. The summed E-state index contributed by atoms with van der Waals surface area (Å²) in [5.41, 5.74) is 1.74. The van der Waals surface area contributed by atoms with Gasteiger partial charge in [0.15, 0.2) is 5.58 Å². The van der Waals surface area contributed by atoms with Crippen molar-refractivity contribution in [2.75, 3.05) is 5.75 Å². The zero-order chi connectivity index (χ0) is 11.2. The molecule has 0 N–H and O–H groups in total. The predicted octanol–water partition coefficient (Wildman–Crippen LogP) is 3.61. The van der Waals surface area contributed by atoms with Gasteiger partial charge in [-0.15, -0.1) is 0 Å². The van der Waals surface area contributed by atoms with Gasteiger partial charge in [-0.05, 0) is 25.0 Å². The number of aromatic nitrogens is 1. The van der Waals surface area contributed by atoms with Crippen LogP contribution in [0.2, 0.25) is 0 Å². The molecule has 0 aliphatic carbocycles. The zero-order valence-electron chi connectivity index (χ0n) is 8.85. The molecule has 0 bridgehead atoms. The van der Waals surface area contributed by atoms with Crippen LogP contribution in [-0.2, 0) is 0 Å². The molecule has 16 heavy (non-hydrogen) atoms. The standard InChI is InChI=1S/C12H12N2OS/c13-8-4-1-5-9-16-12-14-10-6-2-3-7-11(10)15-12/h2-3,6-7H,1,4-5,9H2. The van der Waals surface area contributed by atoms with E-state index in [2.05, 4.69) is 11.1 Å². The molecule has 1 heterocycles. The summed E-state index contributed by atoms with van der Waals surface area (Å²) in [6.07, 6.45) is 2.61. The Balaban J connectivity index is 1.88. The molecule has 0 radical (unpaired) electrons. The number of unbranched alkanes of at least 4 members (excludes halogenated alkanes) is 2. The number of thioether (sulfide) groups is 1. The van der Waals surface area contributed by atoms with Gasteiger partial charge in [0.25, 0.3) is 5.22 Å². The van der Waals surface area contributed by atoms with E-state index in [1.165, 1.54) is 0 Å². The Hall–Kier alpha value is -1.47. The van der Waals surface area contributed by atoms with E-state index in [-0.39, 0.29) is 0 Å². The van der Waals surface area contributed by atoms with Crippen LogP contribution in [0.4, 0.5) is 0 Å². The van der Waals surface area contributed by atoms with E-state index in [0.717, 1.165) is 34.9 Å². The number of fused-ring (bicyclic) bond motifs is 1. The lowest BCUT2D eigenvalue weighted by Crippen LogP contribution is -1.80. The van der Waals surface area contributed by atoms with Crippen LogP contribution in [-0.4, -0.2) is 10.7 Å². The summed E-state index contributed by atoms with van der Waals surface area (Å²) in [4.78, 5) is 4.36. The van der Waals surface area contributed by atoms with E-state index in [1.807, 2.05) is 24.3 Å². The smallest absolute Gasteiger partial charge is 0.256 e. The quantitative estimate of drug-likeness (QED) is 0.583. The number of hydrogen-bond acceptors (Lipinski definition) is 4. The van der Waals surface area contributed by atoms with E-state index < -0.39 is 0 Å². The number of oxazole rings is 1. The highest BCUT2D eigenvalue weighted by Crippen LogP contribution is 2.23. The molecule has 0 saturated carbocycles. The second-order valence-electron chi connectivity index (χ2n) is 3.41. The average Bonchev–Trinajstić information content (AvgIpc) is 2.71. The first kappa shape index (κ1) is 11.0. The first-order valence-corrected chi connectivity index (χ1v) is 6.24. The molecule has 82 valence electrons. The van der Waals surface area contributed by atoms with Crippen molar-refractivity contribution in [3.8, 4) is 6.07 Å². The maximum absolute atomic E-state index is 8.39. The molecule has 0 atom stereocenters. The van der Waals surface area contributed by atoms with E-state index in [4.69, 9.17) is 9.68 Å². The van der Waals surface area contributed by atoms with Crippen LogP contribution in [0.1, 0.15) is 19.3 Å². The third-order valence-corrected chi connectivity index (χ3v) is 3.10. The minimum Gasteiger partial charge on any atom is -0.431 e. The number of nitrogens with zero attached hydrogens (tertiary/aromatic N) is 2. The maximum Gasteiger partial charge on any atom is 0.256 e. The SMILES string of the molecule is N#CCCCCSc1nc2ccccc2o1. The van der Waals surface area contributed by atoms with Crippen LogP contribution in [0, 0.1) is 11.3 Å². The molecule has 2 rings (SSSR count). The third-order valence-electron chi connectivity index (χ3n) is 2.18. The largest absolute Gasteiger partial charge is 0.431 e. The lowest BCUT2D eigenvalue weighted by molar-refractivity contribution is 0.489. The predicted molar refractivity (Wildman–Crippen MR) is 64.2 cm³/mol. The Bertz CT molecular complexity index is 468. The molecule has 1 aromatic carbocycles. The average molecular weight is 232 g/mol. The number of nitriles is 1. The van der Waals surface area contributed by atoms with Crippen LogP contribution in [0.15, 0.2) is 33.9 Å². The lowest BCUT2D eigenvalue weighted by Gasteiger charge is -1.93. The number of rotatable bonds is 5. The molecular weight excluding hydrogens is 220 g/mol. The summed E-state index contributed by atoms with van der Waals surface area (Å²) in [6.45, 7) is 0. The number of benzene rings is 1. The van der Waals surface area contributed by atoms with Gasteiger partial charge in [0, 0.05) is 12.2 Å². The molecule has 4 heteroatoms. The van der Waals surface area contributed by atoms with Crippen molar-refractivity contribution in [2.24, 2.45) is 0 Å². The van der Waals surface area contributed by atoms with E-state index in [1.54, 1.807) is 11.8 Å². The minimum atomic E-state index is 0.633.